The Bertz CT molecular complexity index is 1020. The van der Waals surface area contributed by atoms with Gasteiger partial charge in [-0.2, -0.15) is 4.37 Å². The van der Waals surface area contributed by atoms with Crippen LogP contribution < -0.4 is 21.1 Å². The van der Waals surface area contributed by atoms with Crippen molar-refractivity contribution in [1.82, 2.24) is 14.7 Å². The molecular formula is C20H21N5O3S. The molecule has 0 saturated heterocycles. The second-order valence-electron chi connectivity index (χ2n) is 6.44. The van der Waals surface area contributed by atoms with Crippen LogP contribution in [0.25, 0.3) is 0 Å². The zero-order valence-corrected chi connectivity index (χ0v) is 16.9. The predicted molar refractivity (Wildman–Crippen MR) is 111 cm³/mol. The predicted octanol–water partition coefficient (Wildman–Crippen LogP) is 3.15. The Morgan fingerprint density at radius 1 is 1.24 bits per heavy atom. The number of carbonyl (C=O) groups is 2. The van der Waals surface area contributed by atoms with Gasteiger partial charge in [0.1, 0.15) is 17.2 Å². The average molecular weight is 411 g/mol. The van der Waals surface area contributed by atoms with Crippen molar-refractivity contribution in [2.45, 2.75) is 27.0 Å². The normalized spacial score (nSPS) is 10.4. The second kappa shape index (κ2) is 9.16. The number of hydrogen-bond acceptors (Lipinski definition) is 6. The fourth-order valence-electron chi connectivity index (χ4n) is 2.63. The number of anilines is 1. The number of primary amides is 1. The molecule has 150 valence electrons. The highest BCUT2D eigenvalue weighted by Gasteiger charge is 2.22. The second-order valence-corrected chi connectivity index (χ2v) is 7.22. The molecule has 3 amide bonds. The molecule has 2 aromatic heterocycles. The van der Waals surface area contributed by atoms with E-state index in [9.17, 15) is 9.59 Å². The fourth-order valence-corrected chi connectivity index (χ4v) is 3.36. The highest BCUT2D eigenvalue weighted by molar-refractivity contribution is 7.11. The smallest absolute Gasteiger partial charge is 0.320 e. The minimum atomic E-state index is -0.732. The summed E-state index contributed by atoms with van der Waals surface area (Å²) < 4.78 is 9.70. The molecule has 3 aromatic rings. The van der Waals surface area contributed by atoms with Crippen molar-refractivity contribution in [2.75, 3.05) is 5.32 Å². The zero-order valence-electron chi connectivity index (χ0n) is 16.1. The Morgan fingerprint density at radius 3 is 2.79 bits per heavy atom. The van der Waals surface area contributed by atoms with Gasteiger partial charge in [-0.15, -0.1) is 0 Å². The van der Waals surface area contributed by atoms with Crippen LogP contribution in [0.1, 0.15) is 32.6 Å². The molecule has 1 aromatic carbocycles. The Kier molecular flexibility index (Phi) is 6.40. The molecule has 0 atom stereocenters. The molecule has 0 radical (unpaired) electrons. The summed E-state index contributed by atoms with van der Waals surface area (Å²) in [6.45, 7) is 4.51. The quantitative estimate of drug-likeness (QED) is 0.552. The van der Waals surface area contributed by atoms with Crippen molar-refractivity contribution in [1.29, 1.82) is 0 Å². The van der Waals surface area contributed by atoms with Gasteiger partial charge in [0.05, 0.1) is 0 Å². The molecule has 9 heteroatoms. The van der Waals surface area contributed by atoms with Gasteiger partial charge in [0, 0.05) is 24.5 Å². The molecule has 0 fully saturated rings. The topological polar surface area (TPSA) is 119 Å². The summed E-state index contributed by atoms with van der Waals surface area (Å²) in [6, 6.07) is 9.19. The number of nitrogens with two attached hydrogens (primary N) is 1. The summed E-state index contributed by atoms with van der Waals surface area (Å²) in [4.78, 5) is 28.2. The molecule has 0 aliphatic carbocycles. The Balaban J connectivity index is 1.65. The van der Waals surface area contributed by atoms with E-state index >= 15 is 0 Å². The Labute approximate surface area is 172 Å². The SMILES string of the molecule is Cc1ccc(C)c(CNC(=O)Nc2snc(OCc3cccnc3)c2C(N)=O)c1. The molecule has 0 aliphatic heterocycles. The van der Waals surface area contributed by atoms with Gasteiger partial charge in [-0.25, -0.2) is 4.79 Å². The lowest BCUT2D eigenvalue weighted by atomic mass is 10.1. The number of hydrogen-bond donors (Lipinski definition) is 3. The van der Waals surface area contributed by atoms with Gasteiger partial charge in [-0.3, -0.25) is 15.1 Å². The number of rotatable bonds is 7. The first-order chi connectivity index (χ1) is 13.9. The number of aryl methyl sites for hydroxylation is 2. The Hall–Kier alpha value is -3.46. The third kappa shape index (κ3) is 5.29. The van der Waals surface area contributed by atoms with Crippen LogP contribution in [0, 0.1) is 13.8 Å². The van der Waals surface area contributed by atoms with E-state index in [-0.39, 0.29) is 23.1 Å². The van der Waals surface area contributed by atoms with Crippen molar-refractivity contribution in [3.05, 3.63) is 70.5 Å². The molecule has 0 spiro atoms. The van der Waals surface area contributed by atoms with Crippen LogP contribution in [0.15, 0.2) is 42.7 Å². The Morgan fingerprint density at radius 2 is 2.07 bits per heavy atom. The van der Waals surface area contributed by atoms with Crippen LogP contribution in [0.3, 0.4) is 0 Å². The molecule has 8 nitrogen and oxygen atoms in total. The summed E-state index contributed by atoms with van der Waals surface area (Å²) in [5.41, 5.74) is 9.54. The van der Waals surface area contributed by atoms with Gasteiger partial charge in [-0.05, 0) is 42.6 Å². The molecular weight excluding hydrogens is 390 g/mol. The number of benzene rings is 1. The maximum absolute atomic E-state index is 12.3. The van der Waals surface area contributed by atoms with Crippen molar-refractivity contribution in [2.24, 2.45) is 5.73 Å². The number of ether oxygens (including phenoxy) is 1. The van der Waals surface area contributed by atoms with Gasteiger partial charge in [0.2, 0.25) is 5.88 Å². The van der Waals surface area contributed by atoms with Crippen molar-refractivity contribution < 1.29 is 14.3 Å². The third-order valence-corrected chi connectivity index (χ3v) is 4.92. The number of nitrogens with one attached hydrogen (secondary N) is 2. The third-order valence-electron chi connectivity index (χ3n) is 4.18. The molecule has 4 N–H and O–H groups in total. The van der Waals surface area contributed by atoms with Crippen molar-refractivity contribution >= 4 is 28.5 Å². The van der Waals surface area contributed by atoms with Crippen LogP contribution in [-0.2, 0) is 13.2 Å². The standard InChI is InChI=1S/C20H21N5O3S/c1-12-5-6-13(2)15(8-12)10-23-20(27)24-19-16(17(21)26)18(25-29-19)28-11-14-4-3-7-22-9-14/h3-9H,10-11H2,1-2H3,(H2,21,26)(H2,23,24,27). The van der Waals surface area contributed by atoms with Crippen LogP contribution in [-0.4, -0.2) is 21.3 Å². The lowest BCUT2D eigenvalue weighted by Crippen LogP contribution is -2.29. The van der Waals surface area contributed by atoms with Crippen LogP contribution in [0.5, 0.6) is 5.88 Å². The largest absolute Gasteiger partial charge is 0.472 e. The van der Waals surface area contributed by atoms with Crippen molar-refractivity contribution in [3.63, 3.8) is 0 Å². The minimum Gasteiger partial charge on any atom is -0.472 e. The molecule has 2 heterocycles. The van der Waals surface area contributed by atoms with Gasteiger partial charge in [0.25, 0.3) is 5.91 Å². The molecule has 3 rings (SSSR count). The highest BCUT2D eigenvalue weighted by atomic mass is 32.1. The fraction of sp³-hybridized carbons (Fsp3) is 0.200. The van der Waals surface area contributed by atoms with Crippen LogP contribution >= 0.6 is 11.5 Å². The first-order valence-corrected chi connectivity index (χ1v) is 9.63. The van der Waals surface area contributed by atoms with Crippen LogP contribution in [0.4, 0.5) is 9.80 Å². The number of carbonyl (C=O) groups excluding carboxylic acids is 2. The lowest BCUT2D eigenvalue weighted by Gasteiger charge is -2.10. The van der Waals surface area contributed by atoms with E-state index in [4.69, 9.17) is 10.5 Å². The summed E-state index contributed by atoms with van der Waals surface area (Å²) in [7, 11) is 0. The monoisotopic (exact) mass is 411 g/mol. The minimum absolute atomic E-state index is 0.0424. The van der Waals surface area contributed by atoms with Crippen molar-refractivity contribution in [3.8, 4) is 5.88 Å². The van der Waals surface area contributed by atoms with Gasteiger partial charge >= 0.3 is 6.03 Å². The van der Waals surface area contributed by atoms with E-state index in [1.54, 1.807) is 18.5 Å². The summed E-state index contributed by atoms with van der Waals surface area (Å²) in [5.74, 6) is -0.652. The highest BCUT2D eigenvalue weighted by Crippen LogP contribution is 2.30. The van der Waals surface area contributed by atoms with E-state index < -0.39 is 11.9 Å². The molecule has 0 aliphatic rings. The maximum Gasteiger partial charge on any atom is 0.320 e. The van der Waals surface area contributed by atoms with Gasteiger partial charge in [0.15, 0.2) is 0 Å². The number of nitrogens with zero attached hydrogens (tertiary/aromatic N) is 2. The summed E-state index contributed by atoms with van der Waals surface area (Å²) in [5, 5.41) is 5.64. The first-order valence-electron chi connectivity index (χ1n) is 8.86. The molecule has 29 heavy (non-hydrogen) atoms. The van der Waals surface area contributed by atoms with Crippen LogP contribution in [0.2, 0.25) is 0 Å². The first kappa shape index (κ1) is 20.3. The van der Waals surface area contributed by atoms with E-state index in [0.717, 1.165) is 33.8 Å². The number of pyridine rings is 1. The van der Waals surface area contributed by atoms with E-state index in [1.807, 2.05) is 38.1 Å². The number of urea groups is 1. The number of amides is 3. The zero-order chi connectivity index (χ0) is 20.8. The van der Waals surface area contributed by atoms with Gasteiger partial charge in [-0.1, -0.05) is 29.8 Å². The molecule has 0 bridgehead atoms. The molecule has 0 unspecified atom stereocenters. The number of aromatic nitrogens is 2. The van der Waals surface area contributed by atoms with Gasteiger partial charge < -0.3 is 15.8 Å². The summed E-state index contributed by atoms with van der Waals surface area (Å²) in [6.07, 6.45) is 3.30. The maximum atomic E-state index is 12.3. The van der Waals surface area contributed by atoms with E-state index in [0.29, 0.717) is 6.54 Å². The molecule has 0 saturated carbocycles. The average Bonchev–Trinajstić information content (AvgIpc) is 3.10. The van der Waals surface area contributed by atoms with E-state index in [2.05, 4.69) is 20.0 Å². The van der Waals surface area contributed by atoms with E-state index in [1.165, 1.54) is 0 Å². The summed E-state index contributed by atoms with van der Waals surface area (Å²) >= 11 is 0.932. The lowest BCUT2D eigenvalue weighted by molar-refractivity contribution is 0.0996.